The first-order valence-corrected chi connectivity index (χ1v) is 6.66. The SMILES string of the molecule is C=CCCCCCC(N)c1cccc(Cl)c1C. The summed E-state index contributed by atoms with van der Waals surface area (Å²) < 4.78 is 0. The van der Waals surface area contributed by atoms with E-state index in [4.69, 9.17) is 17.3 Å². The molecule has 0 heterocycles. The van der Waals surface area contributed by atoms with Gasteiger partial charge in [0.2, 0.25) is 0 Å². The van der Waals surface area contributed by atoms with Crippen molar-refractivity contribution in [3.05, 3.63) is 47.0 Å². The van der Waals surface area contributed by atoms with Gasteiger partial charge in [-0.05, 0) is 43.4 Å². The Morgan fingerprint density at radius 2 is 2.12 bits per heavy atom. The van der Waals surface area contributed by atoms with E-state index in [0.717, 1.165) is 23.4 Å². The van der Waals surface area contributed by atoms with Crippen molar-refractivity contribution < 1.29 is 0 Å². The maximum absolute atomic E-state index is 6.20. The molecular formula is C15H22ClN. The largest absolute Gasteiger partial charge is 0.324 e. The molecule has 17 heavy (non-hydrogen) atoms. The van der Waals surface area contributed by atoms with Crippen LogP contribution >= 0.6 is 11.6 Å². The Hall–Kier alpha value is -0.790. The summed E-state index contributed by atoms with van der Waals surface area (Å²) in [4.78, 5) is 0. The summed E-state index contributed by atoms with van der Waals surface area (Å²) in [5.74, 6) is 0. The van der Waals surface area contributed by atoms with E-state index in [1.165, 1.54) is 24.8 Å². The molecule has 1 rings (SSSR count). The van der Waals surface area contributed by atoms with Crippen molar-refractivity contribution in [2.75, 3.05) is 0 Å². The van der Waals surface area contributed by atoms with Crippen molar-refractivity contribution in [1.82, 2.24) is 0 Å². The second-order valence-corrected chi connectivity index (χ2v) is 4.89. The summed E-state index contributed by atoms with van der Waals surface area (Å²) in [5.41, 5.74) is 8.50. The van der Waals surface area contributed by atoms with Crippen molar-refractivity contribution in [3.63, 3.8) is 0 Å². The number of hydrogen-bond donors (Lipinski definition) is 1. The molecule has 2 N–H and O–H groups in total. The molecule has 1 atom stereocenters. The maximum Gasteiger partial charge on any atom is 0.0438 e. The van der Waals surface area contributed by atoms with Crippen LogP contribution in [0.2, 0.25) is 5.02 Å². The Labute approximate surface area is 110 Å². The molecule has 0 fully saturated rings. The van der Waals surface area contributed by atoms with Gasteiger partial charge in [0.05, 0.1) is 0 Å². The van der Waals surface area contributed by atoms with E-state index in [0.29, 0.717) is 0 Å². The fourth-order valence-electron chi connectivity index (χ4n) is 2.01. The summed E-state index contributed by atoms with van der Waals surface area (Å²) in [5, 5.41) is 0.810. The Kier molecular flexibility index (Phi) is 6.31. The minimum Gasteiger partial charge on any atom is -0.324 e. The molecule has 0 aromatic heterocycles. The summed E-state index contributed by atoms with van der Waals surface area (Å²) >= 11 is 6.09. The van der Waals surface area contributed by atoms with Crippen LogP contribution in [0.1, 0.15) is 49.3 Å². The lowest BCUT2D eigenvalue weighted by atomic mass is 9.97. The van der Waals surface area contributed by atoms with Gasteiger partial charge in [0.15, 0.2) is 0 Å². The van der Waals surface area contributed by atoms with Gasteiger partial charge in [0.25, 0.3) is 0 Å². The Bertz CT molecular complexity index is 360. The number of hydrogen-bond acceptors (Lipinski definition) is 1. The molecule has 1 aromatic carbocycles. The highest BCUT2D eigenvalue weighted by Gasteiger charge is 2.10. The number of nitrogens with two attached hydrogens (primary N) is 1. The van der Waals surface area contributed by atoms with Crippen LogP contribution < -0.4 is 5.73 Å². The van der Waals surface area contributed by atoms with Gasteiger partial charge in [-0.2, -0.15) is 0 Å². The van der Waals surface area contributed by atoms with Crippen LogP contribution in [0.4, 0.5) is 0 Å². The van der Waals surface area contributed by atoms with Crippen LogP contribution in [0.3, 0.4) is 0 Å². The third-order valence-corrected chi connectivity index (χ3v) is 3.54. The van der Waals surface area contributed by atoms with Gasteiger partial charge >= 0.3 is 0 Å². The summed E-state index contributed by atoms with van der Waals surface area (Å²) in [6.07, 6.45) is 7.70. The normalized spacial score (nSPS) is 12.4. The Morgan fingerprint density at radius 3 is 2.82 bits per heavy atom. The number of benzene rings is 1. The van der Waals surface area contributed by atoms with Gasteiger partial charge in [-0.3, -0.25) is 0 Å². The van der Waals surface area contributed by atoms with Crippen LogP contribution in [-0.2, 0) is 0 Å². The summed E-state index contributed by atoms with van der Waals surface area (Å²) in [6, 6.07) is 6.08. The maximum atomic E-state index is 6.20. The Morgan fingerprint density at radius 1 is 1.35 bits per heavy atom. The average Bonchev–Trinajstić information content (AvgIpc) is 2.32. The number of allylic oxidation sites excluding steroid dienone is 1. The first kappa shape index (κ1) is 14.3. The molecule has 0 aliphatic carbocycles. The topological polar surface area (TPSA) is 26.0 Å². The van der Waals surface area contributed by atoms with Gasteiger partial charge in [0.1, 0.15) is 0 Å². The van der Waals surface area contributed by atoms with Crippen molar-refractivity contribution in [2.45, 2.75) is 45.1 Å². The monoisotopic (exact) mass is 251 g/mol. The van der Waals surface area contributed by atoms with Crippen molar-refractivity contribution >= 4 is 11.6 Å². The molecule has 1 nitrogen and oxygen atoms in total. The van der Waals surface area contributed by atoms with Gasteiger partial charge in [-0.1, -0.05) is 42.7 Å². The van der Waals surface area contributed by atoms with Crippen molar-refractivity contribution in [2.24, 2.45) is 5.73 Å². The van der Waals surface area contributed by atoms with E-state index in [-0.39, 0.29) is 6.04 Å². The van der Waals surface area contributed by atoms with E-state index < -0.39 is 0 Å². The highest BCUT2D eigenvalue weighted by atomic mass is 35.5. The average molecular weight is 252 g/mol. The number of rotatable bonds is 7. The van der Waals surface area contributed by atoms with Gasteiger partial charge in [-0.25, -0.2) is 0 Å². The fraction of sp³-hybridized carbons (Fsp3) is 0.467. The van der Waals surface area contributed by atoms with Gasteiger partial charge in [-0.15, -0.1) is 6.58 Å². The van der Waals surface area contributed by atoms with Crippen molar-refractivity contribution in [1.29, 1.82) is 0 Å². The standard InChI is InChI=1S/C15H22ClN/c1-3-4-5-6-7-11-15(17)13-9-8-10-14(16)12(13)2/h3,8-10,15H,1,4-7,11,17H2,2H3. The van der Waals surface area contributed by atoms with Crippen LogP contribution in [0, 0.1) is 6.92 Å². The summed E-state index contributed by atoms with van der Waals surface area (Å²) in [7, 11) is 0. The van der Waals surface area contributed by atoms with E-state index in [9.17, 15) is 0 Å². The second kappa shape index (κ2) is 7.52. The first-order chi connectivity index (χ1) is 8.16. The zero-order valence-corrected chi connectivity index (χ0v) is 11.3. The third-order valence-electron chi connectivity index (χ3n) is 3.13. The van der Waals surface area contributed by atoms with Crippen LogP contribution in [0.25, 0.3) is 0 Å². The number of halogens is 1. The molecule has 0 bridgehead atoms. The predicted octanol–water partition coefficient (Wildman–Crippen LogP) is 4.78. The smallest absolute Gasteiger partial charge is 0.0438 e. The van der Waals surface area contributed by atoms with Crippen molar-refractivity contribution in [3.8, 4) is 0 Å². The molecule has 0 aliphatic heterocycles. The van der Waals surface area contributed by atoms with Gasteiger partial charge in [0, 0.05) is 11.1 Å². The lowest BCUT2D eigenvalue weighted by Crippen LogP contribution is -2.11. The first-order valence-electron chi connectivity index (χ1n) is 6.28. The molecule has 0 radical (unpaired) electrons. The zero-order chi connectivity index (χ0) is 12.7. The van der Waals surface area contributed by atoms with Crippen LogP contribution in [0.15, 0.2) is 30.9 Å². The predicted molar refractivity (Wildman–Crippen MR) is 76.4 cm³/mol. The van der Waals surface area contributed by atoms with E-state index in [2.05, 4.69) is 12.6 Å². The van der Waals surface area contributed by atoms with Gasteiger partial charge < -0.3 is 5.73 Å². The lowest BCUT2D eigenvalue weighted by molar-refractivity contribution is 0.570. The molecule has 1 aromatic rings. The minimum atomic E-state index is 0.109. The molecule has 0 saturated heterocycles. The van der Waals surface area contributed by atoms with E-state index in [1.807, 2.05) is 25.1 Å². The zero-order valence-electron chi connectivity index (χ0n) is 10.6. The second-order valence-electron chi connectivity index (χ2n) is 4.49. The molecule has 0 amide bonds. The highest BCUT2D eigenvalue weighted by Crippen LogP contribution is 2.25. The lowest BCUT2D eigenvalue weighted by Gasteiger charge is -2.15. The summed E-state index contributed by atoms with van der Waals surface area (Å²) in [6.45, 7) is 5.76. The molecule has 2 heteroatoms. The van der Waals surface area contributed by atoms with E-state index >= 15 is 0 Å². The van der Waals surface area contributed by atoms with E-state index in [1.54, 1.807) is 0 Å². The third kappa shape index (κ3) is 4.53. The Balaban J connectivity index is 2.44. The quantitative estimate of drug-likeness (QED) is 0.548. The molecule has 0 saturated carbocycles. The minimum absolute atomic E-state index is 0.109. The highest BCUT2D eigenvalue weighted by molar-refractivity contribution is 6.31. The fourth-order valence-corrected chi connectivity index (χ4v) is 2.19. The van der Waals surface area contributed by atoms with Crippen LogP contribution in [-0.4, -0.2) is 0 Å². The molecular weight excluding hydrogens is 230 g/mol. The number of unbranched alkanes of at least 4 members (excludes halogenated alkanes) is 3. The molecule has 0 spiro atoms. The molecule has 94 valence electrons. The van der Waals surface area contributed by atoms with Crippen LogP contribution in [0.5, 0.6) is 0 Å². The molecule has 1 unspecified atom stereocenters. The molecule has 0 aliphatic rings.